The molecule has 3 aromatic rings. The Bertz CT molecular complexity index is 894. The first-order valence-electron chi connectivity index (χ1n) is 8.78. The summed E-state index contributed by atoms with van der Waals surface area (Å²) in [7, 11) is 2.12. The van der Waals surface area contributed by atoms with Gasteiger partial charge in [-0.3, -0.25) is 5.32 Å². The number of ether oxygens (including phenoxy) is 1. The maximum absolute atomic E-state index is 5.86. The highest BCUT2D eigenvalue weighted by atomic mass is 32.1. The number of likely N-dealkylation sites (N-methyl/N-ethyl adjacent to an activating group) is 1. The smallest absolute Gasteiger partial charge is 0.328 e. The Kier molecular flexibility index (Phi) is 5.12. The molecule has 0 amide bonds. The summed E-state index contributed by atoms with van der Waals surface area (Å²) >= 11 is 1.55. The molecule has 0 unspecified atom stereocenters. The van der Waals surface area contributed by atoms with E-state index in [0.717, 1.165) is 36.2 Å². The van der Waals surface area contributed by atoms with Crippen molar-refractivity contribution in [2.45, 2.75) is 6.92 Å². The van der Waals surface area contributed by atoms with Crippen molar-refractivity contribution in [2.24, 2.45) is 0 Å². The van der Waals surface area contributed by atoms with Crippen LogP contribution in [0.2, 0.25) is 0 Å². The van der Waals surface area contributed by atoms with Crippen LogP contribution in [-0.4, -0.2) is 58.1 Å². The van der Waals surface area contributed by atoms with E-state index in [9.17, 15) is 0 Å². The number of nitrogens with zero attached hydrogens (tertiary/aromatic N) is 6. The highest BCUT2D eigenvalue weighted by Gasteiger charge is 2.19. The highest BCUT2D eigenvalue weighted by molar-refractivity contribution is 7.15. The Morgan fingerprint density at radius 1 is 1.04 bits per heavy atom. The first kappa shape index (κ1) is 17.6. The molecule has 0 radical (unpaired) electrons. The fraction of sp³-hybridized carbons (Fsp3) is 0.333. The first-order valence-corrected chi connectivity index (χ1v) is 9.59. The topological polar surface area (TPSA) is 79.3 Å². The van der Waals surface area contributed by atoms with Crippen LogP contribution in [0.1, 0.15) is 4.88 Å². The van der Waals surface area contributed by atoms with E-state index in [1.807, 2.05) is 43.5 Å². The number of piperazine rings is 1. The summed E-state index contributed by atoms with van der Waals surface area (Å²) < 4.78 is 5.86. The van der Waals surface area contributed by atoms with Crippen molar-refractivity contribution < 1.29 is 4.74 Å². The Balaban J connectivity index is 1.62. The average Bonchev–Trinajstić information content (AvgIpc) is 3.07. The molecule has 1 aliphatic heterocycles. The van der Waals surface area contributed by atoms with E-state index in [0.29, 0.717) is 17.6 Å². The van der Waals surface area contributed by atoms with Crippen molar-refractivity contribution >= 4 is 28.4 Å². The SMILES string of the molecule is Cc1cnc(Nc2nc(Oc3ccccc3)nc(N3CCN(C)CC3)n2)s1. The lowest BCUT2D eigenvalue weighted by atomic mass is 10.3. The van der Waals surface area contributed by atoms with Gasteiger partial charge in [0.2, 0.25) is 11.9 Å². The molecule has 2 aromatic heterocycles. The van der Waals surface area contributed by atoms with Gasteiger partial charge in [-0.2, -0.15) is 15.0 Å². The average molecular weight is 383 g/mol. The number of para-hydroxylation sites is 1. The summed E-state index contributed by atoms with van der Waals surface area (Å²) in [4.78, 5) is 23.4. The van der Waals surface area contributed by atoms with E-state index in [-0.39, 0.29) is 6.01 Å². The van der Waals surface area contributed by atoms with Gasteiger partial charge in [0.1, 0.15) is 5.75 Å². The van der Waals surface area contributed by atoms with Crippen molar-refractivity contribution in [3.8, 4) is 11.8 Å². The number of hydrogen-bond acceptors (Lipinski definition) is 9. The molecule has 0 atom stereocenters. The van der Waals surface area contributed by atoms with Crippen molar-refractivity contribution in [1.29, 1.82) is 0 Å². The zero-order valence-corrected chi connectivity index (χ0v) is 16.1. The molecule has 0 aliphatic carbocycles. The summed E-state index contributed by atoms with van der Waals surface area (Å²) in [5.74, 6) is 1.73. The number of aryl methyl sites for hydroxylation is 1. The third-order valence-electron chi connectivity index (χ3n) is 4.18. The highest BCUT2D eigenvalue weighted by Crippen LogP contribution is 2.25. The van der Waals surface area contributed by atoms with Crippen LogP contribution in [-0.2, 0) is 0 Å². The van der Waals surface area contributed by atoms with E-state index >= 15 is 0 Å². The molecule has 1 aromatic carbocycles. The van der Waals surface area contributed by atoms with Gasteiger partial charge < -0.3 is 14.5 Å². The largest absolute Gasteiger partial charge is 0.424 e. The Morgan fingerprint density at radius 3 is 2.52 bits per heavy atom. The van der Waals surface area contributed by atoms with E-state index in [1.165, 1.54) is 0 Å². The van der Waals surface area contributed by atoms with Gasteiger partial charge in [-0.25, -0.2) is 4.98 Å². The summed E-state index contributed by atoms with van der Waals surface area (Å²) in [6, 6.07) is 9.77. The lowest BCUT2D eigenvalue weighted by Crippen LogP contribution is -2.45. The lowest BCUT2D eigenvalue weighted by Gasteiger charge is -2.32. The maximum Gasteiger partial charge on any atom is 0.328 e. The molecule has 0 bridgehead atoms. The van der Waals surface area contributed by atoms with Crippen LogP contribution < -0.4 is 15.0 Å². The molecule has 9 heteroatoms. The standard InChI is InChI=1S/C18H21N7OS/c1-13-12-19-18(27-13)22-15-20-16(25-10-8-24(2)9-11-25)23-17(21-15)26-14-6-4-3-5-7-14/h3-7,12H,8-11H2,1-2H3,(H,19,20,21,22,23). The quantitative estimate of drug-likeness (QED) is 0.720. The third kappa shape index (κ3) is 4.50. The monoisotopic (exact) mass is 383 g/mol. The molecule has 0 saturated carbocycles. The molecule has 1 N–H and O–H groups in total. The van der Waals surface area contributed by atoms with Gasteiger partial charge in [-0.1, -0.05) is 18.2 Å². The van der Waals surface area contributed by atoms with Crippen LogP contribution in [0, 0.1) is 6.92 Å². The second-order valence-corrected chi connectivity index (χ2v) is 7.58. The van der Waals surface area contributed by atoms with E-state index in [2.05, 4.69) is 42.1 Å². The third-order valence-corrected chi connectivity index (χ3v) is 5.01. The summed E-state index contributed by atoms with van der Waals surface area (Å²) in [6.45, 7) is 5.67. The van der Waals surface area contributed by atoms with Gasteiger partial charge in [-0.15, -0.1) is 11.3 Å². The minimum absolute atomic E-state index is 0.265. The molecule has 1 fully saturated rings. The molecule has 1 aliphatic rings. The molecule has 0 spiro atoms. The number of rotatable bonds is 5. The molecule has 4 rings (SSSR count). The summed E-state index contributed by atoms with van der Waals surface area (Å²) in [5.41, 5.74) is 0. The van der Waals surface area contributed by atoms with Crippen molar-refractivity contribution in [1.82, 2.24) is 24.8 Å². The number of benzene rings is 1. The Hall–Kier alpha value is -2.78. The summed E-state index contributed by atoms with van der Waals surface area (Å²) in [5, 5.41) is 3.91. The fourth-order valence-corrected chi connectivity index (χ4v) is 3.36. The molecular formula is C18H21N7OS. The second-order valence-electron chi connectivity index (χ2n) is 6.35. The molecule has 27 heavy (non-hydrogen) atoms. The number of aromatic nitrogens is 4. The number of anilines is 3. The van der Waals surface area contributed by atoms with Gasteiger partial charge in [-0.05, 0) is 26.1 Å². The van der Waals surface area contributed by atoms with Crippen LogP contribution >= 0.6 is 11.3 Å². The number of nitrogens with one attached hydrogen (secondary N) is 1. The van der Waals surface area contributed by atoms with Crippen LogP contribution in [0.4, 0.5) is 17.0 Å². The zero-order valence-electron chi connectivity index (χ0n) is 15.3. The second kappa shape index (κ2) is 7.85. The predicted molar refractivity (Wildman–Crippen MR) is 106 cm³/mol. The zero-order chi connectivity index (χ0) is 18.6. The van der Waals surface area contributed by atoms with Gasteiger partial charge in [0, 0.05) is 37.3 Å². The lowest BCUT2D eigenvalue weighted by molar-refractivity contribution is 0.310. The molecule has 8 nitrogen and oxygen atoms in total. The fourth-order valence-electron chi connectivity index (χ4n) is 2.70. The van der Waals surface area contributed by atoms with Gasteiger partial charge >= 0.3 is 6.01 Å². The Labute approximate surface area is 161 Å². The molecule has 3 heterocycles. The van der Waals surface area contributed by atoms with E-state index in [1.54, 1.807) is 11.3 Å². The van der Waals surface area contributed by atoms with Crippen LogP contribution in [0.5, 0.6) is 11.8 Å². The summed E-state index contributed by atoms with van der Waals surface area (Å²) in [6.07, 6.45) is 1.82. The maximum atomic E-state index is 5.86. The Morgan fingerprint density at radius 2 is 1.81 bits per heavy atom. The van der Waals surface area contributed by atoms with Gasteiger partial charge in [0.15, 0.2) is 5.13 Å². The van der Waals surface area contributed by atoms with E-state index in [4.69, 9.17) is 4.74 Å². The van der Waals surface area contributed by atoms with Crippen molar-refractivity contribution in [2.75, 3.05) is 43.4 Å². The van der Waals surface area contributed by atoms with Gasteiger partial charge in [0.05, 0.1) is 0 Å². The van der Waals surface area contributed by atoms with Crippen LogP contribution in [0.15, 0.2) is 36.5 Å². The molecular weight excluding hydrogens is 362 g/mol. The van der Waals surface area contributed by atoms with Crippen molar-refractivity contribution in [3.63, 3.8) is 0 Å². The normalized spacial score (nSPS) is 15.0. The van der Waals surface area contributed by atoms with Gasteiger partial charge in [0.25, 0.3) is 0 Å². The number of thiazole rings is 1. The minimum Gasteiger partial charge on any atom is -0.424 e. The molecule has 140 valence electrons. The number of hydrogen-bond donors (Lipinski definition) is 1. The molecule has 1 saturated heterocycles. The van der Waals surface area contributed by atoms with Crippen LogP contribution in [0.25, 0.3) is 0 Å². The van der Waals surface area contributed by atoms with Crippen LogP contribution in [0.3, 0.4) is 0 Å². The van der Waals surface area contributed by atoms with Crippen molar-refractivity contribution in [3.05, 3.63) is 41.4 Å². The predicted octanol–water partition coefficient (Wildman–Crippen LogP) is 2.92. The minimum atomic E-state index is 0.265. The first-order chi connectivity index (χ1) is 13.2. The van der Waals surface area contributed by atoms with E-state index < -0.39 is 0 Å².